The molecule has 1 aromatic carbocycles. The van der Waals surface area contributed by atoms with Crippen molar-refractivity contribution in [3.05, 3.63) is 33.8 Å². The number of hydrogen-bond acceptors (Lipinski definition) is 5. The molecule has 0 amide bonds. The Labute approximate surface area is 117 Å². The summed E-state index contributed by atoms with van der Waals surface area (Å²) in [6.07, 6.45) is 1.92. The topological polar surface area (TPSA) is 35.0 Å². The minimum absolute atomic E-state index is 0.360. The minimum Gasteiger partial charge on any atom is -0.464 e. The van der Waals surface area contributed by atoms with Crippen molar-refractivity contribution in [2.24, 2.45) is 0 Å². The fourth-order valence-electron chi connectivity index (χ4n) is 1.12. The molecule has 1 heterocycles. The highest BCUT2D eigenvalue weighted by Gasteiger charge is 2.06. The van der Waals surface area contributed by atoms with Crippen LogP contribution in [0.1, 0.15) is 5.56 Å². The van der Waals surface area contributed by atoms with E-state index in [1.54, 1.807) is 12.1 Å². The van der Waals surface area contributed by atoms with Gasteiger partial charge in [-0.1, -0.05) is 41.0 Å². The van der Waals surface area contributed by atoms with Gasteiger partial charge in [-0.15, -0.1) is 0 Å². The summed E-state index contributed by atoms with van der Waals surface area (Å²) >= 11 is 14.5. The van der Waals surface area contributed by atoms with Crippen LogP contribution in [0.25, 0.3) is 0 Å². The van der Waals surface area contributed by atoms with Crippen LogP contribution in [0.3, 0.4) is 0 Å². The van der Waals surface area contributed by atoms with E-state index in [0.717, 1.165) is 5.56 Å². The highest BCUT2D eigenvalue weighted by molar-refractivity contribution is 7.98. The van der Waals surface area contributed by atoms with Crippen LogP contribution in [0.5, 0.6) is 5.19 Å². The van der Waals surface area contributed by atoms with Gasteiger partial charge in [0.1, 0.15) is 6.61 Å². The highest BCUT2D eigenvalue weighted by atomic mass is 35.5. The molecule has 0 bridgehead atoms. The molecule has 0 fully saturated rings. The number of aromatic nitrogens is 2. The molecule has 17 heavy (non-hydrogen) atoms. The van der Waals surface area contributed by atoms with Crippen LogP contribution in [0.2, 0.25) is 10.0 Å². The van der Waals surface area contributed by atoms with Gasteiger partial charge in [-0.25, -0.2) is 0 Å². The van der Waals surface area contributed by atoms with E-state index in [1.807, 2.05) is 12.3 Å². The summed E-state index contributed by atoms with van der Waals surface area (Å²) in [5.74, 6) is 0. The first-order valence-electron chi connectivity index (χ1n) is 4.63. The minimum atomic E-state index is 0.360. The van der Waals surface area contributed by atoms with Gasteiger partial charge < -0.3 is 4.74 Å². The predicted molar refractivity (Wildman–Crippen MR) is 72.5 cm³/mol. The Balaban J connectivity index is 2.02. The van der Waals surface area contributed by atoms with Crippen molar-refractivity contribution in [3.63, 3.8) is 0 Å². The van der Waals surface area contributed by atoms with E-state index in [2.05, 4.69) is 9.36 Å². The number of thioether (sulfide) groups is 1. The number of rotatable bonds is 4. The summed E-state index contributed by atoms with van der Waals surface area (Å²) in [5, 5.41) is 2.46. The summed E-state index contributed by atoms with van der Waals surface area (Å²) in [6.45, 7) is 0.360. The molecule has 0 saturated heterocycles. The molecular formula is C10H8Cl2N2OS2. The molecule has 0 saturated carbocycles. The van der Waals surface area contributed by atoms with Crippen molar-refractivity contribution >= 4 is 46.5 Å². The van der Waals surface area contributed by atoms with Gasteiger partial charge >= 0.3 is 0 Å². The van der Waals surface area contributed by atoms with Crippen molar-refractivity contribution in [1.29, 1.82) is 0 Å². The Morgan fingerprint density at radius 3 is 2.88 bits per heavy atom. The van der Waals surface area contributed by atoms with E-state index in [0.29, 0.717) is 27.0 Å². The standard InChI is InChI=1S/C10H8Cl2N2OS2/c1-16-9-13-10(17-14-9)15-5-6-2-3-7(11)4-8(6)12/h2-4H,5H2,1H3. The number of benzene rings is 1. The maximum atomic E-state index is 6.03. The summed E-state index contributed by atoms with van der Waals surface area (Å²) in [4.78, 5) is 4.17. The summed E-state index contributed by atoms with van der Waals surface area (Å²) in [6, 6.07) is 5.30. The lowest BCUT2D eigenvalue weighted by atomic mass is 10.2. The first kappa shape index (κ1) is 13.0. The molecule has 0 spiro atoms. The zero-order chi connectivity index (χ0) is 12.3. The monoisotopic (exact) mass is 306 g/mol. The molecular weight excluding hydrogens is 299 g/mol. The first-order chi connectivity index (χ1) is 8.19. The molecule has 7 heteroatoms. The molecule has 0 aliphatic carbocycles. The third-order valence-electron chi connectivity index (χ3n) is 1.94. The second kappa shape index (κ2) is 5.91. The SMILES string of the molecule is CSc1nsc(OCc2ccc(Cl)cc2Cl)n1. The Bertz CT molecular complexity index is 519. The molecule has 2 rings (SSSR count). The molecule has 2 aromatic rings. The number of ether oxygens (including phenoxy) is 1. The van der Waals surface area contributed by atoms with Crippen molar-refractivity contribution in [1.82, 2.24) is 9.36 Å². The maximum absolute atomic E-state index is 6.03. The van der Waals surface area contributed by atoms with Gasteiger partial charge in [0, 0.05) is 27.1 Å². The van der Waals surface area contributed by atoms with Crippen LogP contribution in [-0.4, -0.2) is 15.6 Å². The second-order valence-corrected chi connectivity index (χ2v) is 5.40. The van der Waals surface area contributed by atoms with Crippen molar-refractivity contribution in [2.45, 2.75) is 11.8 Å². The molecule has 0 N–H and O–H groups in total. The highest BCUT2D eigenvalue weighted by Crippen LogP contribution is 2.24. The molecule has 0 aliphatic rings. The zero-order valence-electron chi connectivity index (χ0n) is 8.81. The molecule has 0 radical (unpaired) electrons. The van der Waals surface area contributed by atoms with E-state index in [-0.39, 0.29) is 0 Å². The van der Waals surface area contributed by atoms with Crippen molar-refractivity contribution in [3.8, 4) is 5.19 Å². The number of halogens is 2. The predicted octanol–water partition coefficient (Wildman–Crippen LogP) is 4.15. The van der Waals surface area contributed by atoms with Gasteiger partial charge in [0.05, 0.1) is 0 Å². The van der Waals surface area contributed by atoms with E-state index in [1.165, 1.54) is 23.3 Å². The molecule has 3 nitrogen and oxygen atoms in total. The Hall–Kier alpha value is -0.490. The lowest BCUT2D eigenvalue weighted by Crippen LogP contribution is -1.95. The number of hydrogen-bond donors (Lipinski definition) is 0. The molecule has 90 valence electrons. The molecule has 1 aromatic heterocycles. The maximum Gasteiger partial charge on any atom is 0.294 e. The van der Waals surface area contributed by atoms with Crippen LogP contribution in [0, 0.1) is 0 Å². The lowest BCUT2D eigenvalue weighted by Gasteiger charge is -2.04. The summed E-state index contributed by atoms with van der Waals surface area (Å²) in [5.41, 5.74) is 0.872. The summed E-state index contributed by atoms with van der Waals surface area (Å²) < 4.78 is 9.60. The van der Waals surface area contributed by atoms with Crippen molar-refractivity contribution < 1.29 is 4.74 Å². The van der Waals surface area contributed by atoms with E-state index in [9.17, 15) is 0 Å². The second-order valence-electron chi connectivity index (χ2n) is 3.07. The van der Waals surface area contributed by atoms with Gasteiger partial charge in [0.15, 0.2) is 0 Å². The third-order valence-corrected chi connectivity index (χ3v) is 3.82. The normalized spacial score (nSPS) is 10.5. The third kappa shape index (κ3) is 3.48. The molecule has 0 aliphatic heterocycles. The van der Waals surface area contributed by atoms with Crippen LogP contribution < -0.4 is 4.74 Å². The average Bonchev–Trinajstić information content (AvgIpc) is 2.76. The number of nitrogens with zero attached hydrogens (tertiary/aromatic N) is 2. The Morgan fingerprint density at radius 1 is 1.41 bits per heavy atom. The van der Waals surface area contributed by atoms with Gasteiger partial charge in [0.2, 0.25) is 5.16 Å². The van der Waals surface area contributed by atoms with E-state index >= 15 is 0 Å². The average molecular weight is 307 g/mol. The lowest BCUT2D eigenvalue weighted by molar-refractivity contribution is 0.303. The largest absolute Gasteiger partial charge is 0.464 e. The zero-order valence-corrected chi connectivity index (χ0v) is 12.0. The van der Waals surface area contributed by atoms with Crippen LogP contribution in [0.15, 0.2) is 23.4 Å². The van der Waals surface area contributed by atoms with Crippen LogP contribution in [0.4, 0.5) is 0 Å². The quantitative estimate of drug-likeness (QED) is 0.795. The van der Waals surface area contributed by atoms with Crippen molar-refractivity contribution in [2.75, 3.05) is 6.26 Å². The van der Waals surface area contributed by atoms with E-state index in [4.69, 9.17) is 27.9 Å². The Morgan fingerprint density at radius 2 is 2.24 bits per heavy atom. The fraction of sp³-hybridized carbons (Fsp3) is 0.200. The molecule has 0 atom stereocenters. The van der Waals surface area contributed by atoms with Crippen LogP contribution in [-0.2, 0) is 6.61 Å². The van der Waals surface area contributed by atoms with Gasteiger partial charge in [-0.2, -0.15) is 9.36 Å². The Kier molecular flexibility index (Phi) is 4.50. The van der Waals surface area contributed by atoms with Crippen LogP contribution >= 0.6 is 46.5 Å². The first-order valence-corrected chi connectivity index (χ1v) is 7.39. The van der Waals surface area contributed by atoms with Gasteiger partial charge in [0.25, 0.3) is 5.19 Å². The molecule has 0 unspecified atom stereocenters. The summed E-state index contributed by atoms with van der Waals surface area (Å²) in [7, 11) is 0. The van der Waals surface area contributed by atoms with Gasteiger partial charge in [-0.05, 0) is 18.4 Å². The smallest absolute Gasteiger partial charge is 0.294 e. The fourth-order valence-corrected chi connectivity index (χ4v) is 2.66. The van der Waals surface area contributed by atoms with Gasteiger partial charge in [-0.3, -0.25) is 0 Å². The van der Waals surface area contributed by atoms with E-state index < -0.39 is 0 Å².